The van der Waals surface area contributed by atoms with Gasteiger partial charge in [-0.05, 0) is 5.21 Å². The zero-order chi connectivity index (χ0) is 8.10. The standard InChI is InChI=1S/C4H5BrN6/c5-3(1-6)2-7-4-8-10-11-9-4/h1-3,6H,(H,8,9,10,11). The Morgan fingerprint density at radius 1 is 1.73 bits per heavy atom. The first-order chi connectivity index (χ1) is 5.33. The van der Waals surface area contributed by atoms with Crippen LogP contribution in [0.15, 0.2) is 4.99 Å². The molecule has 1 rings (SSSR count). The van der Waals surface area contributed by atoms with E-state index in [4.69, 9.17) is 5.41 Å². The first-order valence-corrected chi connectivity index (χ1v) is 3.67. The van der Waals surface area contributed by atoms with E-state index in [9.17, 15) is 0 Å². The summed E-state index contributed by atoms with van der Waals surface area (Å²) in [6.07, 6.45) is 2.70. The Hall–Kier alpha value is -1.11. The van der Waals surface area contributed by atoms with Crippen LogP contribution in [0.25, 0.3) is 0 Å². The van der Waals surface area contributed by atoms with Gasteiger partial charge in [-0.3, -0.25) is 0 Å². The molecule has 1 aromatic heterocycles. The van der Waals surface area contributed by atoms with Gasteiger partial charge < -0.3 is 5.41 Å². The van der Waals surface area contributed by atoms with Gasteiger partial charge in [0.05, 0.1) is 4.83 Å². The van der Waals surface area contributed by atoms with Crippen LogP contribution >= 0.6 is 15.9 Å². The molecule has 0 aliphatic heterocycles. The van der Waals surface area contributed by atoms with E-state index >= 15 is 0 Å². The van der Waals surface area contributed by atoms with Crippen LogP contribution in [0.1, 0.15) is 0 Å². The molecule has 58 valence electrons. The zero-order valence-corrected chi connectivity index (χ0v) is 6.98. The van der Waals surface area contributed by atoms with Crippen LogP contribution < -0.4 is 0 Å². The number of nitrogens with one attached hydrogen (secondary N) is 2. The summed E-state index contributed by atoms with van der Waals surface area (Å²) in [5.74, 6) is 0.260. The number of aromatic amines is 1. The number of alkyl halides is 1. The minimum atomic E-state index is -0.180. The maximum absolute atomic E-state index is 6.81. The van der Waals surface area contributed by atoms with E-state index < -0.39 is 0 Å². The molecule has 0 saturated heterocycles. The first kappa shape index (κ1) is 7.99. The molecule has 11 heavy (non-hydrogen) atoms. The van der Waals surface area contributed by atoms with Crippen molar-refractivity contribution in [3.8, 4) is 0 Å². The molecule has 1 heterocycles. The number of halogens is 1. The first-order valence-electron chi connectivity index (χ1n) is 2.75. The number of hydrogen-bond donors (Lipinski definition) is 2. The van der Waals surface area contributed by atoms with Gasteiger partial charge >= 0.3 is 0 Å². The second-order valence-electron chi connectivity index (χ2n) is 1.60. The third-order valence-corrected chi connectivity index (χ3v) is 1.33. The number of H-pyrrole nitrogens is 1. The molecular formula is C4H5BrN6. The number of tetrazole rings is 1. The lowest BCUT2D eigenvalue weighted by Crippen LogP contribution is -1.98. The van der Waals surface area contributed by atoms with Crippen molar-refractivity contribution in [1.29, 1.82) is 5.41 Å². The molecule has 1 aromatic rings. The molecule has 2 N–H and O–H groups in total. The van der Waals surface area contributed by atoms with Crippen molar-refractivity contribution in [1.82, 2.24) is 20.6 Å². The highest BCUT2D eigenvalue weighted by Crippen LogP contribution is 1.98. The molecule has 0 radical (unpaired) electrons. The average Bonchev–Trinajstić information content (AvgIpc) is 2.52. The van der Waals surface area contributed by atoms with Crippen LogP contribution in [0, 0.1) is 5.41 Å². The Bertz CT molecular complexity index is 241. The predicted molar refractivity (Wildman–Crippen MR) is 43.8 cm³/mol. The Kier molecular flexibility index (Phi) is 2.84. The molecule has 0 fully saturated rings. The zero-order valence-electron chi connectivity index (χ0n) is 5.40. The Morgan fingerprint density at radius 3 is 3.09 bits per heavy atom. The van der Waals surface area contributed by atoms with Gasteiger partial charge in [0.15, 0.2) is 0 Å². The monoisotopic (exact) mass is 216 g/mol. The second-order valence-corrected chi connectivity index (χ2v) is 2.66. The Labute approximate surface area is 70.7 Å². The molecule has 0 bridgehead atoms. The summed E-state index contributed by atoms with van der Waals surface area (Å²) in [6.45, 7) is 0. The van der Waals surface area contributed by atoms with E-state index in [-0.39, 0.29) is 10.8 Å². The van der Waals surface area contributed by atoms with Crippen molar-refractivity contribution in [2.75, 3.05) is 0 Å². The highest BCUT2D eigenvalue weighted by molar-refractivity contribution is 9.10. The molecule has 6 nitrogen and oxygen atoms in total. The summed E-state index contributed by atoms with van der Waals surface area (Å²) >= 11 is 3.14. The minimum Gasteiger partial charge on any atom is -0.312 e. The van der Waals surface area contributed by atoms with E-state index in [1.54, 1.807) is 0 Å². The lowest BCUT2D eigenvalue weighted by Gasteiger charge is -1.87. The van der Waals surface area contributed by atoms with E-state index in [0.717, 1.165) is 0 Å². The van der Waals surface area contributed by atoms with Gasteiger partial charge in [0.25, 0.3) is 5.95 Å². The SMILES string of the molecule is N=CC(Br)C=Nc1nn[nH]n1. The van der Waals surface area contributed by atoms with Gasteiger partial charge in [0.1, 0.15) is 0 Å². The summed E-state index contributed by atoms with van der Waals surface area (Å²) in [5, 5.41) is 19.5. The molecule has 7 heteroatoms. The molecule has 0 amide bonds. The smallest absolute Gasteiger partial charge is 0.288 e. The summed E-state index contributed by atoms with van der Waals surface area (Å²) in [7, 11) is 0. The average molecular weight is 217 g/mol. The van der Waals surface area contributed by atoms with Crippen LogP contribution in [0.4, 0.5) is 5.95 Å². The van der Waals surface area contributed by atoms with Crippen molar-refractivity contribution in [3.63, 3.8) is 0 Å². The summed E-state index contributed by atoms with van der Waals surface area (Å²) < 4.78 is 0. The molecule has 0 saturated carbocycles. The molecule has 1 unspecified atom stereocenters. The van der Waals surface area contributed by atoms with Crippen LogP contribution in [0.2, 0.25) is 0 Å². The van der Waals surface area contributed by atoms with Crippen molar-refractivity contribution >= 4 is 34.3 Å². The topological polar surface area (TPSA) is 90.7 Å². The summed E-state index contributed by atoms with van der Waals surface area (Å²) in [6, 6.07) is 0. The van der Waals surface area contributed by atoms with Gasteiger partial charge in [0.2, 0.25) is 0 Å². The van der Waals surface area contributed by atoms with Gasteiger partial charge in [-0.15, -0.1) is 5.10 Å². The second kappa shape index (κ2) is 3.91. The van der Waals surface area contributed by atoms with Gasteiger partial charge in [-0.1, -0.05) is 21.0 Å². The molecule has 0 aliphatic carbocycles. The van der Waals surface area contributed by atoms with Crippen LogP contribution in [-0.2, 0) is 0 Å². The van der Waals surface area contributed by atoms with E-state index in [1.165, 1.54) is 12.4 Å². The molecule has 0 aromatic carbocycles. The predicted octanol–water partition coefficient (Wildman–Crippen LogP) is 0.315. The fraction of sp³-hybridized carbons (Fsp3) is 0.250. The molecule has 1 atom stereocenters. The Balaban J connectivity index is 2.55. The number of aromatic nitrogens is 4. The molecule has 0 aliphatic rings. The maximum Gasteiger partial charge on any atom is 0.288 e. The van der Waals surface area contributed by atoms with Crippen LogP contribution in [-0.4, -0.2) is 37.9 Å². The Morgan fingerprint density at radius 2 is 2.55 bits per heavy atom. The molecular weight excluding hydrogens is 212 g/mol. The van der Waals surface area contributed by atoms with Crippen LogP contribution in [0.5, 0.6) is 0 Å². The fourth-order valence-corrected chi connectivity index (χ4v) is 0.510. The third kappa shape index (κ3) is 2.54. The third-order valence-electron chi connectivity index (χ3n) is 0.826. The van der Waals surface area contributed by atoms with Crippen LogP contribution in [0.3, 0.4) is 0 Å². The van der Waals surface area contributed by atoms with Crippen molar-refractivity contribution in [2.24, 2.45) is 4.99 Å². The lowest BCUT2D eigenvalue weighted by atomic mass is 10.5. The number of nitrogens with zero attached hydrogens (tertiary/aromatic N) is 4. The van der Waals surface area contributed by atoms with Gasteiger partial charge in [-0.2, -0.15) is 5.21 Å². The lowest BCUT2D eigenvalue weighted by molar-refractivity contribution is 0.881. The van der Waals surface area contributed by atoms with E-state index in [1.807, 2.05) is 0 Å². The highest BCUT2D eigenvalue weighted by Gasteiger charge is 1.94. The van der Waals surface area contributed by atoms with E-state index in [0.29, 0.717) is 0 Å². The number of aliphatic imine (C=N–C) groups is 1. The largest absolute Gasteiger partial charge is 0.312 e. The van der Waals surface area contributed by atoms with Gasteiger partial charge in [0, 0.05) is 12.4 Å². The normalized spacial score (nSPS) is 13.5. The number of rotatable bonds is 3. The van der Waals surface area contributed by atoms with Crippen molar-refractivity contribution in [3.05, 3.63) is 0 Å². The van der Waals surface area contributed by atoms with Crippen molar-refractivity contribution < 1.29 is 0 Å². The minimum absolute atomic E-state index is 0.180. The number of hydrogen-bond acceptors (Lipinski definition) is 5. The van der Waals surface area contributed by atoms with Gasteiger partial charge in [-0.25, -0.2) is 4.99 Å². The summed E-state index contributed by atoms with van der Waals surface area (Å²) in [4.78, 5) is 3.62. The fourth-order valence-electron chi connectivity index (χ4n) is 0.392. The summed E-state index contributed by atoms with van der Waals surface area (Å²) in [5.41, 5.74) is 0. The highest BCUT2D eigenvalue weighted by atomic mass is 79.9. The maximum atomic E-state index is 6.81. The quantitative estimate of drug-likeness (QED) is 0.563. The van der Waals surface area contributed by atoms with E-state index in [2.05, 4.69) is 41.5 Å². The molecule has 0 spiro atoms. The van der Waals surface area contributed by atoms with Crippen molar-refractivity contribution in [2.45, 2.75) is 4.83 Å².